The van der Waals surface area contributed by atoms with E-state index in [0.29, 0.717) is 42.2 Å². The molecule has 3 aromatic rings. The van der Waals surface area contributed by atoms with Gasteiger partial charge in [0.1, 0.15) is 11.9 Å². The van der Waals surface area contributed by atoms with Crippen LogP contribution in [0.1, 0.15) is 40.1 Å². The van der Waals surface area contributed by atoms with E-state index in [1.54, 1.807) is 47.6 Å². The Morgan fingerprint density at radius 2 is 1.88 bits per heavy atom. The number of likely N-dealkylation sites (N-methyl/N-ethyl adjacent to an activating group) is 1. The molecule has 1 aromatic heterocycles. The number of carbonyl (C=O) groups is 2. The van der Waals surface area contributed by atoms with E-state index < -0.39 is 0 Å². The third-order valence-electron chi connectivity index (χ3n) is 7.25. The van der Waals surface area contributed by atoms with E-state index in [1.807, 2.05) is 32.2 Å². The molecule has 210 valence electrons. The van der Waals surface area contributed by atoms with Crippen LogP contribution in [0.25, 0.3) is 0 Å². The van der Waals surface area contributed by atoms with E-state index in [4.69, 9.17) is 14.2 Å². The maximum absolute atomic E-state index is 13.7. The molecule has 2 aliphatic rings. The Hall–Kier alpha value is -4.15. The fourth-order valence-electron chi connectivity index (χ4n) is 4.95. The molecule has 10 heteroatoms. The summed E-state index contributed by atoms with van der Waals surface area (Å²) >= 11 is 0. The molecule has 0 spiro atoms. The molecule has 3 heterocycles. The zero-order valence-electron chi connectivity index (χ0n) is 22.9. The van der Waals surface area contributed by atoms with Crippen LogP contribution in [0.15, 0.2) is 60.9 Å². The van der Waals surface area contributed by atoms with Crippen LogP contribution < -0.4 is 19.5 Å². The van der Waals surface area contributed by atoms with Crippen molar-refractivity contribution in [2.45, 2.75) is 32.5 Å². The third kappa shape index (κ3) is 6.03. The fourth-order valence-corrected chi connectivity index (χ4v) is 4.95. The lowest BCUT2D eigenvalue weighted by atomic mass is 9.99. The van der Waals surface area contributed by atoms with E-state index in [9.17, 15) is 14.7 Å². The van der Waals surface area contributed by atoms with Crippen LogP contribution in [-0.4, -0.2) is 77.4 Å². The lowest BCUT2D eigenvalue weighted by molar-refractivity contribution is 0.0341. The molecule has 0 fully saturated rings. The highest BCUT2D eigenvalue weighted by Crippen LogP contribution is 2.33. The van der Waals surface area contributed by atoms with Crippen molar-refractivity contribution in [2.24, 2.45) is 5.92 Å². The van der Waals surface area contributed by atoms with E-state index in [0.717, 1.165) is 17.1 Å². The smallest absolute Gasteiger partial charge is 0.258 e. The Kier molecular flexibility index (Phi) is 8.18. The summed E-state index contributed by atoms with van der Waals surface area (Å²) in [6, 6.07) is 13.9. The summed E-state index contributed by atoms with van der Waals surface area (Å²) < 4.78 is 17.4. The largest absolute Gasteiger partial charge is 0.488 e. The molecule has 5 rings (SSSR count). The second-order valence-electron chi connectivity index (χ2n) is 10.4. The molecule has 0 saturated heterocycles. The molecule has 0 radical (unpaired) electrons. The summed E-state index contributed by atoms with van der Waals surface area (Å²) in [4.78, 5) is 34.2. The maximum atomic E-state index is 13.7. The summed E-state index contributed by atoms with van der Waals surface area (Å²) in [6.07, 6.45) is 2.86. The number of ether oxygens (including phenoxy) is 3. The average molecular weight is 547 g/mol. The molecule has 2 aliphatic heterocycles. The monoisotopic (exact) mass is 546 g/mol. The number of hydrogen-bond donors (Lipinski definition) is 2. The highest BCUT2D eigenvalue weighted by molar-refractivity contribution is 6.05. The van der Waals surface area contributed by atoms with E-state index in [-0.39, 0.29) is 43.3 Å². The molecule has 40 heavy (non-hydrogen) atoms. The lowest BCUT2D eigenvalue weighted by Gasteiger charge is -2.38. The molecule has 0 bridgehead atoms. The summed E-state index contributed by atoms with van der Waals surface area (Å²) in [5.41, 5.74) is 2.35. The van der Waals surface area contributed by atoms with Gasteiger partial charge in [-0.25, -0.2) is 0 Å². The van der Waals surface area contributed by atoms with E-state index >= 15 is 0 Å². The summed E-state index contributed by atoms with van der Waals surface area (Å²) in [5, 5.41) is 12.8. The summed E-state index contributed by atoms with van der Waals surface area (Å²) in [6.45, 7) is 5.63. The zero-order valence-corrected chi connectivity index (χ0v) is 22.9. The van der Waals surface area contributed by atoms with Gasteiger partial charge in [0.05, 0.1) is 18.2 Å². The van der Waals surface area contributed by atoms with Gasteiger partial charge in [0.15, 0.2) is 11.5 Å². The summed E-state index contributed by atoms with van der Waals surface area (Å²) in [5.74, 6) is 1.36. The van der Waals surface area contributed by atoms with Gasteiger partial charge in [-0.1, -0.05) is 13.0 Å². The molecule has 0 aliphatic carbocycles. The minimum atomic E-state index is -0.386. The van der Waals surface area contributed by atoms with Gasteiger partial charge in [0, 0.05) is 49.2 Å². The van der Waals surface area contributed by atoms with Crippen molar-refractivity contribution in [2.75, 3.05) is 38.9 Å². The van der Waals surface area contributed by atoms with Crippen LogP contribution in [0.5, 0.6) is 17.2 Å². The van der Waals surface area contributed by atoms with Gasteiger partial charge in [0.25, 0.3) is 11.8 Å². The number of rotatable bonds is 8. The number of aromatic nitrogens is 1. The van der Waals surface area contributed by atoms with Crippen molar-refractivity contribution in [3.8, 4) is 17.2 Å². The average Bonchev–Trinajstić information content (AvgIpc) is 3.43. The molecule has 2 N–H and O–H groups in total. The first-order chi connectivity index (χ1) is 19.3. The normalized spacial score (nSPS) is 18.9. The van der Waals surface area contributed by atoms with Crippen LogP contribution in [-0.2, 0) is 6.54 Å². The zero-order chi connectivity index (χ0) is 28.2. The second-order valence-corrected chi connectivity index (χ2v) is 10.4. The van der Waals surface area contributed by atoms with Crippen LogP contribution in [0.4, 0.5) is 5.69 Å². The third-order valence-corrected chi connectivity index (χ3v) is 7.25. The maximum Gasteiger partial charge on any atom is 0.258 e. The summed E-state index contributed by atoms with van der Waals surface area (Å²) in [7, 11) is 2.03. The number of aliphatic hydroxyl groups excluding tert-OH is 1. The van der Waals surface area contributed by atoms with Gasteiger partial charge < -0.3 is 29.5 Å². The topological polar surface area (TPSA) is 113 Å². The van der Waals surface area contributed by atoms with Crippen molar-refractivity contribution < 1.29 is 28.9 Å². The molecule has 2 aromatic carbocycles. The number of fused-ring (bicyclic) bond motifs is 2. The minimum Gasteiger partial charge on any atom is -0.488 e. The van der Waals surface area contributed by atoms with Crippen molar-refractivity contribution >= 4 is 17.5 Å². The molecule has 0 unspecified atom stereocenters. The number of nitrogens with zero attached hydrogens (tertiary/aromatic N) is 3. The number of pyridine rings is 1. The standard InChI is InChI=1S/C30H34N4O6/c1-19-14-34(20(2)17-35)30(37)24-13-23(32-29(36)22-8-10-31-11-9-22)5-7-25(24)40-28(19)16-33(3)15-21-4-6-26-27(12-21)39-18-38-26/h4-13,19-20,28,35H,14-18H2,1-3H3,(H,32,36)/t19-,20-,28+/m0/s1. The first-order valence-corrected chi connectivity index (χ1v) is 13.3. The predicted molar refractivity (Wildman–Crippen MR) is 149 cm³/mol. The molecule has 3 atom stereocenters. The van der Waals surface area contributed by atoms with Crippen molar-refractivity contribution in [1.82, 2.24) is 14.8 Å². The Labute approximate surface area is 233 Å². The number of benzene rings is 2. The highest BCUT2D eigenvalue weighted by atomic mass is 16.7. The molecular formula is C30H34N4O6. The Bertz CT molecular complexity index is 1370. The molecule has 2 amide bonds. The molecular weight excluding hydrogens is 512 g/mol. The van der Waals surface area contributed by atoms with Gasteiger partial charge in [-0.05, 0) is 62.0 Å². The van der Waals surface area contributed by atoms with Gasteiger partial charge in [-0.15, -0.1) is 0 Å². The number of anilines is 1. The van der Waals surface area contributed by atoms with Crippen molar-refractivity contribution in [3.05, 3.63) is 77.6 Å². The van der Waals surface area contributed by atoms with E-state index in [2.05, 4.69) is 22.1 Å². The van der Waals surface area contributed by atoms with E-state index in [1.165, 1.54) is 0 Å². The highest BCUT2D eigenvalue weighted by Gasteiger charge is 2.33. The van der Waals surface area contributed by atoms with Crippen LogP contribution in [0, 0.1) is 5.92 Å². The lowest BCUT2D eigenvalue weighted by Crippen LogP contribution is -2.49. The fraction of sp³-hybridized carbons (Fsp3) is 0.367. The SMILES string of the molecule is C[C@H]1CN([C@@H](C)CO)C(=O)c2cc(NC(=O)c3ccncc3)ccc2O[C@@H]1CN(C)Cc1ccc2c(c1)OCO2. The Morgan fingerprint density at radius 1 is 1.12 bits per heavy atom. The first-order valence-electron chi connectivity index (χ1n) is 13.3. The number of carbonyl (C=O) groups excluding carboxylic acids is 2. The quantitative estimate of drug-likeness (QED) is 0.442. The Balaban J connectivity index is 1.37. The minimum absolute atomic E-state index is 0.0172. The van der Waals surface area contributed by atoms with Gasteiger partial charge in [0.2, 0.25) is 6.79 Å². The number of amides is 2. The predicted octanol–water partition coefficient (Wildman–Crippen LogP) is 3.41. The van der Waals surface area contributed by atoms with Gasteiger partial charge in [-0.3, -0.25) is 19.5 Å². The van der Waals surface area contributed by atoms with Crippen molar-refractivity contribution in [1.29, 1.82) is 0 Å². The Morgan fingerprint density at radius 3 is 2.65 bits per heavy atom. The first kappa shape index (κ1) is 27.4. The van der Waals surface area contributed by atoms with Crippen LogP contribution in [0.2, 0.25) is 0 Å². The van der Waals surface area contributed by atoms with Crippen LogP contribution >= 0.6 is 0 Å². The number of hydrogen-bond acceptors (Lipinski definition) is 8. The second kappa shape index (κ2) is 11.9. The molecule has 0 saturated carbocycles. The number of nitrogens with one attached hydrogen (secondary N) is 1. The van der Waals surface area contributed by atoms with Gasteiger partial charge in [-0.2, -0.15) is 0 Å². The van der Waals surface area contributed by atoms with Crippen LogP contribution in [0.3, 0.4) is 0 Å². The molecule has 10 nitrogen and oxygen atoms in total. The number of aliphatic hydroxyl groups is 1. The van der Waals surface area contributed by atoms with Crippen molar-refractivity contribution in [3.63, 3.8) is 0 Å². The van der Waals surface area contributed by atoms with Gasteiger partial charge >= 0.3 is 0 Å².